The molecule has 0 saturated heterocycles. The van der Waals surface area contributed by atoms with E-state index in [1.807, 2.05) is 0 Å². The van der Waals surface area contributed by atoms with Crippen LogP contribution in [0, 0.1) is 0 Å². The second kappa shape index (κ2) is 21.3. The molecule has 0 unspecified atom stereocenters. The number of hydrogen-bond donors (Lipinski definition) is 0. The van der Waals surface area contributed by atoms with E-state index in [0.29, 0.717) is 0 Å². The molecule has 0 bridgehead atoms. The second-order valence-electron chi connectivity index (χ2n) is 12.9. The number of fused-ring (bicyclic) bond motifs is 2. The minimum absolute atomic E-state index is 0. The van der Waals surface area contributed by atoms with E-state index in [9.17, 15) is 0 Å². The van der Waals surface area contributed by atoms with Crippen molar-refractivity contribution in [1.82, 2.24) is 0 Å². The summed E-state index contributed by atoms with van der Waals surface area (Å²) in [4.78, 5) is 0. The Morgan fingerprint density at radius 3 is 1.21 bits per heavy atom. The van der Waals surface area contributed by atoms with Gasteiger partial charge in [0.25, 0.3) is 0 Å². The van der Waals surface area contributed by atoms with E-state index in [1.54, 1.807) is 0 Å². The van der Waals surface area contributed by atoms with Gasteiger partial charge in [-0.1, -0.05) is 138 Å². The van der Waals surface area contributed by atoms with Crippen molar-refractivity contribution in [3.63, 3.8) is 0 Å². The van der Waals surface area contributed by atoms with E-state index >= 15 is 0 Å². The van der Waals surface area contributed by atoms with Gasteiger partial charge in [0.2, 0.25) is 0 Å². The maximum absolute atomic E-state index is 2.39. The Hall–Kier alpha value is -2.81. The van der Waals surface area contributed by atoms with Gasteiger partial charge in [0, 0.05) is 35.4 Å². The molecule has 0 aromatic heterocycles. The summed E-state index contributed by atoms with van der Waals surface area (Å²) in [6.45, 7) is 13.3. The summed E-state index contributed by atoms with van der Waals surface area (Å²) in [6.07, 6.45) is 12.1. The third kappa shape index (κ3) is 10.6. The maximum Gasteiger partial charge on any atom is 0.0307 e. The van der Waals surface area contributed by atoms with Crippen molar-refractivity contribution in [2.45, 2.75) is 105 Å². The fourth-order valence-electron chi connectivity index (χ4n) is 6.67. The zero-order chi connectivity index (χ0) is 33.4. The molecule has 6 aromatic rings. The zero-order valence-electron chi connectivity index (χ0n) is 30.5. The molecule has 0 nitrogen and oxygen atoms in total. The second-order valence-corrected chi connectivity index (χ2v) is 13.9. The molecule has 2 radical (unpaired) electrons. The van der Waals surface area contributed by atoms with Crippen LogP contribution in [0.4, 0.5) is 0 Å². The van der Waals surface area contributed by atoms with E-state index < -0.39 is 0 Å². The maximum atomic E-state index is 2.39. The molecule has 0 aliphatic carbocycles. The number of benzene rings is 4. The SMILES string of the molecule is CCCCc1ccccc1-c1cccc2[cH-]c(CCC)cc12.CCCCc1ccccc1-c1cccc2[cH-]c(CCC)cc12.C[Si]C.[Hf]. The summed E-state index contributed by atoms with van der Waals surface area (Å²) in [7, 11) is 1.08. The van der Waals surface area contributed by atoms with Crippen molar-refractivity contribution in [3.8, 4) is 22.3 Å². The van der Waals surface area contributed by atoms with Crippen molar-refractivity contribution >= 4 is 31.1 Å². The Morgan fingerprint density at radius 1 is 0.458 bits per heavy atom. The van der Waals surface area contributed by atoms with Crippen LogP contribution < -0.4 is 0 Å². The summed E-state index contributed by atoms with van der Waals surface area (Å²) in [5, 5.41) is 5.59. The molecule has 6 aromatic carbocycles. The van der Waals surface area contributed by atoms with Gasteiger partial charge in [-0.05, 0) is 60.8 Å². The fourth-order valence-corrected chi connectivity index (χ4v) is 6.67. The Morgan fingerprint density at radius 2 is 0.833 bits per heavy atom. The molecule has 2 heteroatoms. The molecular formula is C46H56HfSi-2. The molecule has 0 heterocycles. The van der Waals surface area contributed by atoms with E-state index in [2.05, 4.69) is 150 Å². The van der Waals surface area contributed by atoms with Crippen molar-refractivity contribution in [2.75, 3.05) is 0 Å². The minimum Gasteiger partial charge on any atom is -0.164 e. The molecule has 0 aliphatic rings. The van der Waals surface area contributed by atoms with E-state index in [-0.39, 0.29) is 25.8 Å². The quantitative estimate of drug-likeness (QED) is 0.0853. The van der Waals surface area contributed by atoms with Crippen LogP contribution in [-0.2, 0) is 51.5 Å². The van der Waals surface area contributed by atoms with Gasteiger partial charge in [-0.15, -0.1) is 69.1 Å². The summed E-state index contributed by atoms with van der Waals surface area (Å²) in [6, 6.07) is 40.8. The molecule has 0 N–H and O–H groups in total. The number of hydrogen-bond acceptors (Lipinski definition) is 0. The topological polar surface area (TPSA) is 0 Å². The number of aryl methyl sites for hydroxylation is 4. The van der Waals surface area contributed by atoms with Gasteiger partial charge in [0.15, 0.2) is 0 Å². The summed E-state index contributed by atoms with van der Waals surface area (Å²) < 4.78 is 0. The van der Waals surface area contributed by atoms with Crippen LogP contribution in [0.1, 0.15) is 88.5 Å². The average Bonchev–Trinajstić information content (AvgIpc) is 3.71. The van der Waals surface area contributed by atoms with Crippen molar-refractivity contribution < 1.29 is 25.8 Å². The molecule has 0 atom stereocenters. The molecule has 250 valence electrons. The summed E-state index contributed by atoms with van der Waals surface area (Å²) in [5.41, 5.74) is 11.5. The van der Waals surface area contributed by atoms with Gasteiger partial charge >= 0.3 is 0 Å². The Balaban J connectivity index is 0.000000236. The summed E-state index contributed by atoms with van der Waals surface area (Å²) in [5.74, 6) is 0. The Kier molecular flexibility index (Phi) is 17.6. The van der Waals surface area contributed by atoms with E-state index in [4.69, 9.17) is 0 Å². The van der Waals surface area contributed by atoms with E-state index in [0.717, 1.165) is 9.52 Å². The first-order valence-electron chi connectivity index (χ1n) is 18.2. The van der Waals surface area contributed by atoms with Crippen LogP contribution in [0.3, 0.4) is 0 Å². The molecule has 0 spiro atoms. The normalized spacial score (nSPS) is 10.6. The van der Waals surface area contributed by atoms with Crippen LogP contribution in [0.2, 0.25) is 13.1 Å². The molecule has 6 rings (SSSR count). The largest absolute Gasteiger partial charge is 0.164 e. The first-order chi connectivity index (χ1) is 23.1. The van der Waals surface area contributed by atoms with Crippen molar-refractivity contribution in [3.05, 3.63) is 131 Å². The molecular weight excluding hydrogens is 759 g/mol. The van der Waals surface area contributed by atoms with Crippen LogP contribution in [0.25, 0.3) is 43.8 Å². The van der Waals surface area contributed by atoms with Gasteiger partial charge in [0.1, 0.15) is 0 Å². The molecule has 48 heavy (non-hydrogen) atoms. The molecule has 0 amide bonds. The van der Waals surface area contributed by atoms with Crippen LogP contribution in [0.15, 0.2) is 109 Å². The standard InChI is InChI=1S/2C22H25.C2H6Si.Hf/c2*1-3-5-10-18-11-6-7-13-20(18)21-14-8-12-19-15-17(9-4-2)16-22(19)21;1-3-2;/h2*6-8,11-16H,3-5,9-10H2,1-2H3;1-2H3;/q2*-1;;. The smallest absolute Gasteiger partial charge is 0.0307 e. The van der Waals surface area contributed by atoms with E-state index in [1.165, 1.54) is 130 Å². The predicted molar refractivity (Wildman–Crippen MR) is 213 cm³/mol. The van der Waals surface area contributed by atoms with Crippen LogP contribution in [0.5, 0.6) is 0 Å². The monoisotopic (exact) mass is 816 g/mol. The summed E-state index contributed by atoms with van der Waals surface area (Å²) >= 11 is 0. The Labute approximate surface area is 313 Å². The number of unbranched alkanes of at least 4 members (excludes halogenated alkanes) is 2. The third-order valence-corrected chi connectivity index (χ3v) is 8.91. The predicted octanol–water partition coefficient (Wildman–Crippen LogP) is 13.8. The molecule has 0 fully saturated rings. The third-order valence-electron chi connectivity index (χ3n) is 8.91. The zero-order valence-corrected chi connectivity index (χ0v) is 35.1. The van der Waals surface area contributed by atoms with Gasteiger partial charge in [-0.25, -0.2) is 0 Å². The van der Waals surface area contributed by atoms with Crippen molar-refractivity contribution in [2.24, 2.45) is 0 Å². The molecule has 0 aliphatic heterocycles. The first kappa shape index (κ1) is 39.6. The Bertz CT molecular complexity index is 1650. The fraction of sp³-hybridized carbons (Fsp3) is 0.348. The van der Waals surface area contributed by atoms with Gasteiger partial charge in [-0.3, -0.25) is 0 Å². The van der Waals surface area contributed by atoms with Crippen LogP contribution >= 0.6 is 0 Å². The van der Waals surface area contributed by atoms with Gasteiger partial charge in [-0.2, -0.15) is 12.1 Å². The van der Waals surface area contributed by atoms with Crippen molar-refractivity contribution in [1.29, 1.82) is 0 Å². The minimum atomic E-state index is 0. The van der Waals surface area contributed by atoms with Crippen LogP contribution in [-0.4, -0.2) is 9.52 Å². The van der Waals surface area contributed by atoms with Gasteiger partial charge in [0.05, 0.1) is 0 Å². The van der Waals surface area contributed by atoms with Gasteiger partial charge < -0.3 is 0 Å². The molecule has 0 saturated carbocycles. The first-order valence-corrected chi connectivity index (χ1v) is 20.2. The number of rotatable bonds is 12. The average molecular weight is 816 g/mol.